The minimum atomic E-state index is -0.834. The summed E-state index contributed by atoms with van der Waals surface area (Å²) >= 11 is 0. The molecule has 9 heteroatoms. The van der Waals surface area contributed by atoms with Crippen LogP contribution in [0.4, 0.5) is 0 Å². The van der Waals surface area contributed by atoms with Crippen LogP contribution in [0.15, 0.2) is 49.7 Å². The van der Waals surface area contributed by atoms with Gasteiger partial charge in [0.15, 0.2) is 5.82 Å². The van der Waals surface area contributed by atoms with Gasteiger partial charge in [-0.1, -0.05) is 12.6 Å². The number of aromatic nitrogens is 5. The summed E-state index contributed by atoms with van der Waals surface area (Å²) in [4.78, 5) is 6.30. The number of benzene rings is 1. The third kappa shape index (κ3) is 4.93. The van der Waals surface area contributed by atoms with Gasteiger partial charge in [0, 0.05) is 35.3 Å². The van der Waals surface area contributed by atoms with Crippen LogP contribution in [0, 0.1) is 0 Å². The average Bonchev–Trinajstić information content (AvgIpc) is 3.38. The summed E-state index contributed by atoms with van der Waals surface area (Å²) < 4.78 is 9.59. The molecule has 0 bridgehead atoms. The molecule has 0 aliphatic carbocycles. The van der Waals surface area contributed by atoms with Crippen LogP contribution in [0.25, 0.3) is 22.5 Å². The Hall–Kier alpha value is -3.59. The second-order valence-electron chi connectivity index (χ2n) is 9.14. The summed E-state index contributed by atoms with van der Waals surface area (Å²) in [6.45, 7) is 13.4. The highest BCUT2D eigenvalue weighted by molar-refractivity contribution is 5.75. The van der Waals surface area contributed by atoms with Crippen LogP contribution in [0.5, 0.6) is 5.75 Å². The Morgan fingerprint density at radius 1 is 1.30 bits per heavy atom. The number of hydrogen-bond donors (Lipinski definition) is 2. The van der Waals surface area contributed by atoms with Crippen LogP contribution in [0.2, 0.25) is 0 Å². The number of nitrogens with zero attached hydrogens (tertiary/aromatic N) is 6. The summed E-state index contributed by atoms with van der Waals surface area (Å²) in [7, 11) is 0. The molecule has 3 N–H and O–H groups in total. The van der Waals surface area contributed by atoms with Gasteiger partial charge in [0.25, 0.3) is 0 Å². The number of hydrogen-bond acceptors (Lipinski definition) is 7. The topological polar surface area (TPSA) is 107 Å². The smallest absolute Gasteiger partial charge is 0.175 e. The van der Waals surface area contributed by atoms with E-state index in [0.717, 1.165) is 28.1 Å². The Labute approximate surface area is 193 Å². The number of fused-ring (bicyclic) bond motifs is 1. The zero-order chi connectivity index (χ0) is 23.8. The highest BCUT2D eigenvalue weighted by Gasteiger charge is 2.21. The molecule has 0 saturated heterocycles. The van der Waals surface area contributed by atoms with Crippen molar-refractivity contribution in [1.82, 2.24) is 29.4 Å². The summed E-state index contributed by atoms with van der Waals surface area (Å²) in [5.74, 6) is 1.38. The van der Waals surface area contributed by atoms with Crippen molar-refractivity contribution in [2.75, 3.05) is 13.2 Å². The SMILES string of the molecule is C=C1c2ccc(-c3cnn(CC(C)(C)O)c3)cc2OCCN1/C=C(\N)c1ncnn1C(C)C. The molecule has 0 saturated carbocycles. The fourth-order valence-electron chi connectivity index (χ4n) is 3.80. The fourth-order valence-corrected chi connectivity index (χ4v) is 3.80. The molecule has 3 aromatic rings. The quantitative estimate of drug-likeness (QED) is 0.595. The first-order chi connectivity index (χ1) is 15.6. The van der Waals surface area contributed by atoms with Crippen LogP contribution >= 0.6 is 0 Å². The monoisotopic (exact) mass is 449 g/mol. The van der Waals surface area contributed by atoms with Gasteiger partial charge < -0.3 is 20.5 Å². The number of rotatable bonds is 6. The van der Waals surface area contributed by atoms with Gasteiger partial charge in [0.05, 0.1) is 30.6 Å². The first-order valence-corrected chi connectivity index (χ1v) is 11.0. The number of ether oxygens (including phenoxy) is 1. The highest BCUT2D eigenvalue weighted by Crippen LogP contribution is 2.34. The third-order valence-electron chi connectivity index (χ3n) is 5.36. The van der Waals surface area contributed by atoms with Crippen LogP contribution < -0.4 is 10.5 Å². The van der Waals surface area contributed by atoms with Crippen molar-refractivity contribution >= 4 is 11.4 Å². The lowest BCUT2D eigenvalue weighted by Gasteiger charge is -2.21. The molecule has 0 atom stereocenters. The molecule has 9 nitrogen and oxygen atoms in total. The van der Waals surface area contributed by atoms with Crippen LogP contribution in [0.1, 0.15) is 45.1 Å². The second-order valence-corrected chi connectivity index (χ2v) is 9.14. The molecule has 4 rings (SSSR count). The van der Waals surface area contributed by atoms with Crippen LogP contribution in [-0.4, -0.2) is 53.3 Å². The largest absolute Gasteiger partial charge is 0.491 e. The summed E-state index contributed by atoms with van der Waals surface area (Å²) in [5.41, 5.74) is 9.69. The van der Waals surface area contributed by atoms with Gasteiger partial charge >= 0.3 is 0 Å². The Bertz CT molecular complexity index is 1180. The van der Waals surface area contributed by atoms with E-state index >= 15 is 0 Å². The molecule has 174 valence electrons. The molecule has 3 heterocycles. The van der Waals surface area contributed by atoms with E-state index in [1.807, 2.05) is 49.3 Å². The molecule has 0 amide bonds. The van der Waals surface area contributed by atoms with E-state index in [1.54, 1.807) is 29.4 Å². The van der Waals surface area contributed by atoms with E-state index in [9.17, 15) is 5.11 Å². The third-order valence-corrected chi connectivity index (χ3v) is 5.36. The van der Waals surface area contributed by atoms with Crippen molar-refractivity contribution in [1.29, 1.82) is 0 Å². The molecule has 1 aliphatic heterocycles. The standard InChI is InChI=1S/C24H31N7O2/c1-16(2)31-23(26-15-28-31)21(25)13-29-8-9-33-22-10-18(6-7-20(22)17(29)3)19-11-27-30(12-19)14-24(4,5)32/h6-7,10-13,15-16,32H,3,8-9,14,25H2,1-2,4-5H3/b21-13-. The number of aliphatic hydroxyl groups is 1. The normalized spacial score (nSPS) is 14.9. The second kappa shape index (κ2) is 8.74. The van der Waals surface area contributed by atoms with E-state index < -0.39 is 5.60 Å². The van der Waals surface area contributed by atoms with Gasteiger partial charge in [-0.3, -0.25) is 4.68 Å². The van der Waals surface area contributed by atoms with Crippen LogP contribution in [-0.2, 0) is 6.54 Å². The zero-order valence-corrected chi connectivity index (χ0v) is 19.6. The lowest BCUT2D eigenvalue weighted by Crippen LogP contribution is -2.26. The van der Waals surface area contributed by atoms with E-state index in [4.69, 9.17) is 10.5 Å². The van der Waals surface area contributed by atoms with Gasteiger partial charge in [0.1, 0.15) is 18.7 Å². The zero-order valence-electron chi connectivity index (χ0n) is 19.6. The van der Waals surface area contributed by atoms with Crippen LogP contribution in [0.3, 0.4) is 0 Å². The maximum Gasteiger partial charge on any atom is 0.175 e. The average molecular weight is 450 g/mol. The van der Waals surface area contributed by atoms with Gasteiger partial charge in [-0.2, -0.15) is 10.2 Å². The molecule has 33 heavy (non-hydrogen) atoms. The fraction of sp³-hybridized carbons (Fsp3) is 0.375. The first kappa shape index (κ1) is 22.6. The summed E-state index contributed by atoms with van der Waals surface area (Å²) in [6.07, 6.45) is 7.07. The van der Waals surface area contributed by atoms with Gasteiger partial charge in [0.2, 0.25) is 0 Å². The molecular weight excluding hydrogens is 418 g/mol. The lowest BCUT2D eigenvalue weighted by atomic mass is 10.0. The lowest BCUT2D eigenvalue weighted by molar-refractivity contribution is 0.0577. The van der Waals surface area contributed by atoms with Crippen molar-refractivity contribution < 1.29 is 9.84 Å². The maximum atomic E-state index is 10.0. The molecule has 1 aromatic carbocycles. The van der Waals surface area contributed by atoms with E-state index in [1.165, 1.54) is 6.33 Å². The molecule has 2 aromatic heterocycles. The minimum absolute atomic E-state index is 0.150. The van der Waals surface area contributed by atoms with Crippen molar-refractivity contribution in [2.45, 2.75) is 45.9 Å². The van der Waals surface area contributed by atoms with Gasteiger partial charge in [-0.15, -0.1) is 0 Å². The van der Waals surface area contributed by atoms with Crippen molar-refractivity contribution in [3.05, 3.63) is 61.1 Å². The predicted octanol–water partition coefficient (Wildman–Crippen LogP) is 3.12. The van der Waals surface area contributed by atoms with Crippen molar-refractivity contribution in [2.24, 2.45) is 5.73 Å². The van der Waals surface area contributed by atoms with E-state index in [2.05, 4.69) is 21.8 Å². The highest BCUT2D eigenvalue weighted by atomic mass is 16.5. The molecule has 0 spiro atoms. The summed E-state index contributed by atoms with van der Waals surface area (Å²) in [6, 6.07) is 6.17. The Morgan fingerprint density at radius 3 is 2.82 bits per heavy atom. The van der Waals surface area contributed by atoms with Gasteiger partial charge in [-0.05, 0) is 45.4 Å². The van der Waals surface area contributed by atoms with Gasteiger partial charge in [-0.25, -0.2) is 9.67 Å². The molecule has 0 unspecified atom stereocenters. The minimum Gasteiger partial charge on any atom is -0.491 e. The molecular formula is C24H31N7O2. The Kier molecular flexibility index (Phi) is 5.99. The maximum absolute atomic E-state index is 10.0. The predicted molar refractivity (Wildman–Crippen MR) is 128 cm³/mol. The first-order valence-electron chi connectivity index (χ1n) is 11.0. The Balaban J connectivity index is 1.59. The molecule has 0 fully saturated rings. The molecule has 0 radical (unpaired) electrons. The number of nitrogens with two attached hydrogens (primary N) is 1. The van der Waals surface area contributed by atoms with Crippen molar-refractivity contribution in [3.8, 4) is 16.9 Å². The van der Waals surface area contributed by atoms with E-state index in [-0.39, 0.29) is 6.04 Å². The molecule has 1 aliphatic rings. The summed E-state index contributed by atoms with van der Waals surface area (Å²) in [5, 5.41) is 18.7. The van der Waals surface area contributed by atoms with Crippen molar-refractivity contribution in [3.63, 3.8) is 0 Å². The van der Waals surface area contributed by atoms with E-state index in [0.29, 0.717) is 31.2 Å². The Morgan fingerprint density at radius 2 is 2.09 bits per heavy atom.